The van der Waals surface area contributed by atoms with Gasteiger partial charge in [-0.05, 0) is 24.8 Å². The molecule has 7 nitrogen and oxygen atoms in total. The summed E-state index contributed by atoms with van der Waals surface area (Å²) in [6.07, 6.45) is 0.883. The molecular formula is C13H20N6OS. The molecule has 0 aliphatic heterocycles. The van der Waals surface area contributed by atoms with Crippen molar-refractivity contribution in [2.45, 2.75) is 26.3 Å². The van der Waals surface area contributed by atoms with Gasteiger partial charge in [-0.2, -0.15) is 15.0 Å². The molecule has 114 valence electrons. The molecule has 3 N–H and O–H groups in total. The molecule has 0 spiro atoms. The summed E-state index contributed by atoms with van der Waals surface area (Å²) in [6, 6.07) is 4.54. The molecule has 2 aromatic heterocycles. The highest BCUT2D eigenvalue weighted by Crippen LogP contribution is 2.27. The summed E-state index contributed by atoms with van der Waals surface area (Å²) in [5.41, 5.74) is 2.45. The molecule has 0 bridgehead atoms. The smallest absolute Gasteiger partial charge is 0.323 e. The van der Waals surface area contributed by atoms with E-state index in [0.717, 1.165) is 6.42 Å². The molecule has 0 fully saturated rings. The third kappa shape index (κ3) is 3.79. The summed E-state index contributed by atoms with van der Waals surface area (Å²) in [5, 5.41) is 2.05. The van der Waals surface area contributed by atoms with E-state index in [9.17, 15) is 0 Å². The Bertz CT molecular complexity index is 562. The number of thiophene rings is 1. The first kappa shape index (κ1) is 15.5. The van der Waals surface area contributed by atoms with E-state index in [4.69, 9.17) is 10.6 Å². The second kappa shape index (κ2) is 7.19. The number of nitrogens with one attached hydrogen (secondary N) is 1. The number of nitrogens with zero attached hydrogens (tertiary/aromatic N) is 4. The molecule has 21 heavy (non-hydrogen) atoms. The highest BCUT2D eigenvalue weighted by atomic mass is 32.1. The lowest BCUT2D eigenvalue weighted by Gasteiger charge is -2.24. The zero-order chi connectivity index (χ0) is 15.2. The normalized spacial score (nSPS) is 12.0. The van der Waals surface area contributed by atoms with E-state index in [1.54, 1.807) is 11.3 Å². The second-order valence-electron chi connectivity index (χ2n) is 4.54. The highest BCUT2D eigenvalue weighted by molar-refractivity contribution is 7.10. The Kier molecular flexibility index (Phi) is 5.29. The standard InChI is InChI=1S/C13H20N6OS/c1-4-7-20-13-16-11(18-14)15-12(17-13)19(3)9(2)10-6-5-8-21-10/h5-6,8-9H,4,7,14H2,1-3H3,(H,15,16,17,18). The Morgan fingerprint density at radius 2 is 2.24 bits per heavy atom. The van der Waals surface area contributed by atoms with Gasteiger partial charge in [0.1, 0.15) is 0 Å². The van der Waals surface area contributed by atoms with Crippen LogP contribution in [-0.2, 0) is 0 Å². The Labute approximate surface area is 128 Å². The summed E-state index contributed by atoms with van der Waals surface area (Å²) in [7, 11) is 1.93. The first-order valence-corrected chi connectivity index (χ1v) is 7.65. The van der Waals surface area contributed by atoms with Crippen LogP contribution in [0.1, 0.15) is 31.2 Å². The molecular weight excluding hydrogens is 288 g/mol. The van der Waals surface area contributed by atoms with Crippen LogP contribution < -0.4 is 20.9 Å². The molecule has 1 atom stereocenters. The van der Waals surface area contributed by atoms with Crippen molar-refractivity contribution in [3.05, 3.63) is 22.4 Å². The van der Waals surface area contributed by atoms with Crippen molar-refractivity contribution in [1.82, 2.24) is 15.0 Å². The summed E-state index contributed by atoms with van der Waals surface area (Å²) >= 11 is 1.70. The molecule has 2 heterocycles. The first-order chi connectivity index (χ1) is 10.2. The lowest BCUT2D eigenvalue weighted by Crippen LogP contribution is -2.24. The topological polar surface area (TPSA) is 89.2 Å². The number of anilines is 2. The monoisotopic (exact) mass is 308 g/mol. The van der Waals surface area contributed by atoms with Crippen molar-refractivity contribution in [1.29, 1.82) is 0 Å². The molecule has 1 unspecified atom stereocenters. The van der Waals surface area contributed by atoms with Crippen LogP contribution in [0, 0.1) is 0 Å². The van der Waals surface area contributed by atoms with Crippen LogP contribution in [0.3, 0.4) is 0 Å². The van der Waals surface area contributed by atoms with Crippen molar-refractivity contribution >= 4 is 23.2 Å². The van der Waals surface area contributed by atoms with Crippen molar-refractivity contribution in [3.63, 3.8) is 0 Å². The first-order valence-electron chi connectivity index (χ1n) is 6.77. The predicted octanol–water partition coefficient (Wildman–Crippen LogP) is 2.20. The van der Waals surface area contributed by atoms with Gasteiger partial charge in [-0.1, -0.05) is 13.0 Å². The lowest BCUT2D eigenvalue weighted by atomic mass is 10.2. The fourth-order valence-electron chi connectivity index (χ4n) is 1.72. The molecule has 0 saturated heterocycles. The van der Waals surface area contributed by atoms with Crippen LogP contribution in [0.2, 0.25) is 0 Å². The van der Waals surface area contributed by atoms with Crippen molar-refractivity contribution in [3.8, 4) is 6.01 Å². The number of hydrazine groups is 1. The number of aromatic nitrogens is 3. The number of nitrogen functional groups attached to an aromatic ring is 1. The van der Waals surface area contributed by atoms with Crippen LogP contribution in [0.4, 0.5) is 11.9 Å². The number of hydrogen-bond acceptors (Lipinski definition) is 8. The quantitative estimate of drug-likeness (QED) is 0.598. The molecule has 0 aromatic carbocycles. The maximum Gasteiger partial charge on any atom is 0.323 e. The SMILES string of the molecule is CCCOc1nc(NN)nc(N(C)C(C)c2cccs2)n1. The zero-order valence-electron chi connectivity index (χ0n) is 12.4. The number of ether oxygens (including phenoxy) is 1. The Morgan fingerprint density at radius 3 is 2.86 bits per heavy atom. The van der Waals surface area contributed by atoms with Crippen LogP contribution in [0.15, 0.2) is 17.5 Å². The van der Waals surface area contributed by atoms with E-state index >= 15 is 0 Å². The minimum absolute atomic E-state index is 0.150. The highest BCUT2D eigenvalue weighted by Gasteiger charge is 2.18. The van der Waals surface area contributed by atoms with Gasteiger partial charge in [0, 0.05) is 11.9 Å². The lowest BCUT2D eigenvalue weighted by molar-refractivity contribution is 0.291. The van der Waals surface area contributed by atoms with E-state index < -0.39 is 0 Å². The average molecular weight is 308 g/mol. The summed E-state index contributed by atoms with van der Waals surface area (Å²) < 4.78 is 5.48. The Morgan fingerprint density at radius 1 is 1.43 bits per heavy atom. The third-order valence-electron chi connectivity index (χ3n) is 3.02. The fraction of sp³-hybridized carbons (Fsp3) is 0.462. The van der Waals surface area contributed by atoms with Gasteiger partial charge in [-0.25, -0.2) is 5.84 Å². The van der Waals surface area contributed by atoms with Gasteiger partial charge >= 0.3 is 6.01 Å². The maximum atomic E-state index is 5.48. The minimum Gasteiger partial charge on any atom is -0.463 e. The minimum atomic E-state index is 0.150. The van der Waals surface area contributed by atoms with Crippen LogP contribution >= 0.6 is 11.3 Å². The molecule has 2 rings (SSSR count). The molecule has 0 amide bonds. The van der Waals surface area contributed by atoms with Gasteiger partial charge in [0.2, 0.25) is 11.9 Å². The third-order valence-corrected chi connectivity index (χ3v) is 4.06. The molecule has 0 aliphatic carbocycles. The zero-order valence-corrected chi connectivity index (χ0v) is 13.2. The number of hydrogen-bond donors (Lipinski definition) is 2. The maximum absolute atomic E-state index is 5.48. The largest absolute Gasteiger partial charge is 0.463 e. The van der Waals surface area contributed by atoms with Gasteiger partial charge in [0.05, 0.1) is 12.6 Å². The summed E-state index contributed by atoms with van der Waals surface area (Å²) in [4.78, 5) is 15.9. The van der Waals surface area contributed by atoms with Crippen molar-refractivity contribution in [2.75, 3.05) is 24.0 Å². The molecule has 0 saturated carbocycles. The van der Waals surface area contributed by atoms with Crippen molar-refractivity contribution in [2.24, 2.45) is 5.84 Å². The van der Waals surface area contributed by atoms with Crippen LogP contribution in [0.5, 0.6) is 6.01 Å². The second-order valence-corrected chi connectivity index (χ2v) is 5.52. The molecule has 0 aliphatic rings. The molecule has 0 radical (unpaired) electrons. The van der Waals surface area contributed by atoms with E-state index in [0.29, 0.717) is 12.6 Å². The van der Waals surface area contributed by atoms with Gasteiger partial charge in [0.15, 0.2) is 0 Å². The van der Waals surface area contributed by atoms with E-state index in [-0.39, 0.29) is 18.0 Å². The molecule has 2 aromatic rings. The van der Waals surface area contributed by atoms with Gasteiger partial charge in [-0.15, -0.1) is 11.3 Å². The Balaban J connectivity index is 2.24. The fourth-order valence-corrected chi connectivity index (χ4v) is 2.55. The number of nitrogens with two attached hydrogens (primary N) is 1. The van der Waals surface area contributed by atoms with Gasteiger partial charge in [-0.3, -0.25) is 5.43 Å². The Hall–Kier alpha value is -1.93. The van der Waals surface area contributed by atoms with Crippen LogP contribution in [0.25, 0.3) is 0 Å². The van der Waals surface area contributed by atoms with Gasteiger partial charge in [0.25, 0.3) is 0 Å². The van der Waals surface area contributed by atoms with E-state index in [1.165, 1.54) is 4.88 Å². The molecule has 8 heteroatoms. The van der Waals surface area contributed by atoms with Crippen LogP contribution in [-0.4, -0.2) is 28.6 Å². The average Bonchev–Trinajstić information content (AvgIpc) is 3.05. The van der Waals surface area contributed by atoms with Gasteiger partial charge < -0.3 is 9.64 Å². The van der Waals surface area contributed by atoms with E-state index in [1.807, 2.05) is 24.9 Å². The summed E-state index contributed by atoms with van der Waals surface area (Å²) in [5.74, 6) is 6.22. The summed E-state index contributed by atoms with van der Waals surface area (Å²) in [6.45, 7) is 4.67. The predicted molar refractivity (Wildman–Crippen MR) is 84.6 cm³/mol. The van der Waals surface area contributed by atoms with E-state index in [2.05, 4.69) is 38.7 Å². The van der Waals surface area contributed by atoms with Crippen molar-refractivity contribution < 1.29 is 4.74 Å². The number of rotatable bonds is 7.